The van der Waals surface area contributed by atoms with E-state index in [4.69, 9.17) is 21.7 Å². The van der Waals surface area contributed by atoms with E-state index in [9.17, 15) is 29.4 Å². The minimum atomic E-state index is -2.75. The smallest absolute Gasteiger partial charge is 0.357 e. The Labute approximate surface area is 143 Å². The quantitative estimate of drug-likeness (QED) is 0.178. The van der Waals surface area contributed by atoms with Crippen molar-refractivity contribution in [3.05, 3.63) is 0 Å². The monoisotopic (exact) mass is 364 g/mol. The standard InChI is InChI=1S/C13H24N4O8/c1-11(2,5-12(24,9(20)21)16-7(18)3-14)6-13(25,10(22)23)17-8(19)4-15/h24-25H,3-6,14-15H2,1-2H3,(H,16,18)(H,17,19)(H,20,21)(H,22,23). The first-order valence-electron chi connectivity index (χ1n) is 7.15. The van der Waals surface area contributed by atoms with E-state index in [1.54, 1.807) is 0 Å². The molecule has 2 unspecified atom stereocenters. The third-order valence-corrected chi connectivity index (χ3v) is 3.24. The van der Waals surface area contributed by atoms with Crippen LogP contribution in [0.3, 0.4) is 0 Å². The number of aliphatic hydroxyl groups is 2. The van der Waals surface area contributed by atoms with Crippen molar-refractivity contribution in [3.63, 3.8) is 0 Å². The molecule has 0 aromatic heterocycles. The molecular weight excluding hydrogens is 340 g/mol. The molecule has 2 amide bonds. The van der Waals surface area contributed by atoms with E-state index in [2.05, 4.69) is 0 Å². The molecule has 0 spiro atoms. The maximum Gasteiger partial charge on any atom is 0.357 e. The highest BCUT2D eigenvalue weighted by Crippen LogP contribution is 2.34. The summed E-state index contributed by atoms with van der Waals surface area (Å²) in [5, 5.41) is 42.3. The Kier molecular flexibility index (Phi) is 7.45. The molecule has 0 rings (SSSR count). The summed E-state index contributed by atoms with van der Waals surface area (Å²) in [5.74, 6) is -5.50. The van der Waals surface area contributed by atoms with Gasteiger partial charge < -0.3 is 42.5 Å². The first-order valence-corrected chi connectivity index (χ1v) is 7.15. The van der Waals surface area contributed by atoms with Gasteiger partial charge in [-0.3, -0.25) is 9.59 Å². The number of aliphatic carboxylic acids is 2. The summed E-state index contributed by atoms with van der Waals surface area (Å²) in [4.78, 5) is 45.3. The van der Waals surface area contributed by atoms with E-state index in [-0.39, 0.29) is 0 Å². The molecular formula is C13H24N4O8. The van der Waals surface area contributed by atoms with Crippen LogP contribution >= 0.6 is 0 Å². The number of nitrogens with two attached hydrogens (primary N) is 2. The van der Waals surface area contributed by atoms with Crippen molar-refractivity contribution >= 4 is 23.8 Å². The Hall–Kier alpha value is -2.28. The van der Waals surface area contributed by atoms with Crippen molar-refractivity contribution in [1.82, 2.24) is 10.6 Å². The predicted molar refractivity (Wildman–Crippen MR) is 82.6 cm³/mol. The summed E-state index contributed by atoms with van der Waals surface area (Å²) in [6, 6.07) is 0. The van der Waals surface area contributed by atoms with Gasteiger partial charge in [0.1, 0.15) is 0 Å². The molecule has 144 valence electrons. The van der Waals surface area contributed by atoms with Gasteiger partial charge in [0.25, 0.3) is 0 Å². The van der Waals surface area contributed by atoms with Gasteiger partial charge in [0.15, 0.2) is 0 Å². The van der Waals surface area contributed by atoms with E-state index < -0.39 is 66.5 Å². The molecule has 0 heterocycles. The van der Waals surface area contributed by atoms with Crippen LogP contribution in [-0.4, -0.2) is 68.7 Å². The molecule has 0 fully saturated rings. The molecule has 0 saturated heterocycles. The zero-order chi connectivity index (χ0) is 20.1. The van der Waals surface area contributed by atoms with Crippen LogP contribution in [0.2, 0.25) is 0 Å². The first-order chi connectivity index (χ1) is 11.2. The van der Waals surface area contributed by atoms with Crippen LogP contribution in [0.4, 0.5) is 0 Å². The van der Waals surface area contributed by atoms with Crippen LogP contribution in [0.1, 0.15) is 26.7 Å². The average Bonchev–Trinajstić information content (AvgIpc) is 2.44. The fourth-order valence-electron chi connectivity index (χ4n) is 2.36. The molecule has 0 saturated carbocycles. The van der Waals surface area contributed by atoms with E-state index in [1.807, 2.05) is 10.6 Å². The van der Waals surface area contributed by atoms with Gasteiger partial charge in [0, 0.05) is 12.8 Å². The minimum Gasteiger partial charge on any atom is -0.478 e. The number of amides is 2. The second-order valence-corrected chi connectivity index (χ2v) is 6.35. The van der Waals surface area contributed by atoms with Gasteiger partial charge in [-0.1, -0.05) is 13.8 Å². The summed E-state index contributed by atoms with van der Waals surface area (Å²) >= 11 is 0. The Morgan fingerprint density at radius 1 is 0.800 bits per heavy atom. The largest absolute Gasteiger partial charge is 0.478 e. The lowest BCUT2D eigenvalue weighted by atomic mass is 9.77. The third-order valence-electron chi connectivity index (χ3n) is 3.24. The molecule has 0 aromatic rings. The number of carbonyl (C=O) groups excluding carboxylic acids is 2. The highest BCUT2D eigenvalue weighted by molar-refractivity contribution is 5.87. The number of carboxylic acids is 2. The third kappa shape index (κ3) is 6.62. The van der Waals surface area contributed by atoms with E-state index >= 15 is 0 Å². The highest BCUT2D eigenvalue weighted by Gasteiger charge is 2.48. The topological polar surface area (TPSA) is 225 Å². The lowest BCUT2D eigenvalue weighted by molar-refractivity contribution is -0.176. The maximum atomic E-state index is 11.3. The van der Waals surface area contributed by atoms with Crippen LogP contribution in [-0.2, 0) is 19.2 Å². The highest BCUT2D eigenvalue weighted by atomic mass is 16.4. The number of carbonyl (C=O) groups is 4. The molecule has 0 aliphatic carbocycles. The van der Waals surface area contributed by atoms with Crippen LogP contribution in [0.5, 0.6) is 0 Å². The number of rotatable bonds is 10. The Bertz CT molecular complexity index is 506. The molecule has 25 heavy (non-hydrogen) atoms. The first kappa shape index (κ1) is 22.7. The summed E-state index contributed by atoms with van der Waals surface area (Å²) in [7, 11) is 0. The molecule has 12 nitrogen and oxygen atoms in total. The number of hydrogen-bond donors (Lipinski definition) is 8. The van der Waals surface area contributed by atoms with Gasteiger partial charge in [-0.15, -0.1) is 0 Å². The lowest BCUT2D eigenvalue weighted by Crippen LogP contribution is -2.61. The van der Waals surface area contributed by atoms with Gasteiger partial charge in [-0.05, 0) is 5.41 Å². The van der Waals surface area contributed by atoms with Crippen LogP contribution in [0, 0.1) is 5.41 Å². The zero-order valence-corrected chi connectivity index (χ0v) is 13.9. The molecule has 0 aliphatic rings. The Balaban J connectivity index is 5.50. The van der Waals surface area contributed by atoms with E-state index in [0.717, 1.165) is 0 Å². The van der Waals surface area contributed by atoms with Crippen molar-refractivity contribution in [2.24, 2.45) is 16.9 Å². The van der Waals surface area contributed by atoms with E-state index in [1.165, 1.54) is 13.8 Å². The van der Waals surface area contributed by atoms with E-state index in [0.29, 0.717) is 0 Å². The van der Waals surface area contributed by atoms with Crippen molar-refractivity contribution in [2.45, 2.75) is 38.1 Å². The molecule has 12 heteroatoms. The maximum absolute atomic E-state index is 11.3. The fraction of sp³-hybridized carbons (Fsp3) is 0.692. The average molecular weight is 364 g/mol. The van der Waals surface area contributed by atoms with Gasteiger partial charge in [-0.25, -0.2) is 9.59 Å². The predicted octanol–water partition coefficient (Wildman–Crippen LogP) is -3.51. The molecule has 2 atom stereocenters. The summed E-state index contributed by atoms with van der Waals surface area (Å²) in [5.41, 5.74) is 3.25. The summed E-state index contributed by atoms with van der Waals surface area (Å²) in [6.45, 7) is 1.50. The van der Waals surface area contributed by atoms with Crippen molar-refractivity contribution in [3.8, 4) is 0 Å². The number of hydrogen-bond acceptors (Lipinski definition) is 8. The molecule has 10 N–H and O–H groups in total. The summed E-state index contributed by atoms with van der Waals surface area (Å²) in [6.07, 6.45) is -1.37. The SMILES string of the molecule is CC(C)(CC(O)(NC(=O)CN)C(=O)O)CC(O)(NC(=O)CN)C(=O)O. The summed E-state index contributed by atoms with van der Waals surface area (Å²) < 4.78 is 0. The van der Waals surface area contributed by atoms with Crippen LogP contribution < -0.4 is 22.1 Å². The minimum absolute atomic E-state index is 0.582. The van der Waals surface area contributed by atoms with Crippen LogP contribution in [0.25, 0.3) is 0 Å². The van der Waals surface area contributed by atoms with Crippen LogP contribution in [0.15, 0.2) is 0 Å². The lowest BCUT2D eigenvalue weighted by Gasteiger charge is -2.38. The van der Waals surface area contributed by atoms with Gasteiger partial charge in [-0.2, -0.15) is 0 Å². The van der Waals surface area contributed by atoms with Crippen molar-refractivity contribution in [2.75, 3.05) is 13.1 Å². The number of nitrogens with one attached hydrogen (secondary N) is 2. The zero-order valence-electron chi connectivity index (χ0n) is 13.9. The molecule has 0 aliphatic heterocycles. The van der Waals surface area contributed by atoms with Crippen molar-refractivity contribution < 1.29 is 39.6 Å². The molecule has 0 aromatic carbocycles. The Morgan fingerprint density at radius 3 is 1.28 bits per heavy atom. The Morgan fingerprint density at radius 2 is 1.08 bits per heavy atom. The van der Waals surface area contributed by atoms with Gasteiger partial charge in [0.05, 0.1) is 13.1 Å². The van der Waals surface area contributed by atoms with Gasteiger partial charge >= 0.3 is 11.9 Å². The molecule has 0 radical (unpaired) electrons. The fourth-order valence-corrected chi connectivity index (χ4v) is 2.36. The van der Waals surface area contributed by atoms with Gasteiger partial charge in [0.2, 0.25) is 23.3 Å². The number of carboxylic acid groups (broad SMARTS) is 2. The normalized spacial score (nSPS) is 16.2. The molecule has 0 bridgehead atoms. The second kappa shape index (κ2) is 8.20. The van der Waals surface area contributed by atoms with Crippen molar-refractivity contribution in [1.29, 1.82) is 0 Å². The second-order valence-electron chi connectivity index (χ2n) is 6.35.